The van der Waals surface area contributed by atoms with Gasteiger partial charge in [0.1, 0.15) is 0 Å². The Morgan fingerprint density at radius 3 is 1.73 bits per heavy atom. The molecule has 1 rings (SSSR count). The zero-order valence-corrected chi connectivity index (χ0v) is 7.92. The van der Waals surface area contributed by atoms with Gasteiger partial charge in [0.15, 0.2) is 0 Å². The van der Waals surface area contributed by atoms with Crippen molar-refractivity contribution < 1.29 is 29.7 Å². The number of carboxylic acids is 3. The number of rotatable bonds is 3. The largest absolute Gasteiger partial charge is 0.481 e. The van der Waals surface area contributed by atoms with E-state index in [2.05, 4.69) is 0 Å². The molecule has 3 atom stereocenters. The lowest BCUT2D eigenvalue weighted by Gasteiger charge is -2.29. The van der Waals surface area contributed by atoms with Crippen LogP contribution in [0, 0.1) is 17.8 Å². The second-order valence-electron chi connectivity index (χ2n) is 3.74. The normalized spacial score (nSPS) is 30.8. The quantitative estimate of drug-likeness (QED) is 0.624. The number of aliphatic carboxylic acids is 3. The van der Waals surface area contributed by atoms with Gasteiger partial charge < -0.3 is 15.3 Å². The van der Waals surface area contributed by atoms with Crippen molar-refractivity contribution in [2.75, 3.05) is 0 Å². The van der Waals surface area contributed by atoms with E-state index in [1.807, 2.05) is 0 Å². The Hall–Kier alpha value is -1.59. The van der Waals surface area contributed by atoms with Gasteiger partial charge in [0.2, 0.25) is 0 Å². The maximum Gasteiger partial charge on any atom is 0.307 e. The van der Waals surface area contributed by atoms with E-state index in [1.54, 1.807) is 0 Å². The van der Waals surface area contributed by atoms with Crippen LogP contribution in [0.2, 0.25) is 0 Å². The predicted molar refractivity (Wildman–Crippen MR) is 47.2 cm³/mol. The Balaban J connectivity index is 2.78. The first-order chi connectivity index (χ1) is 6.93. The molecule has 0 aromatic heterocycles. The van der Waals surface area contributed by atoms with Crippen LogP contribution in [0.25, 0.3) is 0 Å². The minimum Gasteiger partial charge on any atom is -0.481 e. The fourth-order valence-electron chi connectivity index (χ4n) is 1.96. The van der Waals surface area contributed by atoms with Crippen LogP contribution in [0.15, 0.2) is 0 Å². The van der Waals surface area contributed by atoms with Gasteiger partial charge in [-0.15, -0.1) is 0 Å². The number of carboxylic acid groups (broad SMARTS) is 3. The van der Waals surface area contributed by atoms with E-state index >= 15 is 0 Å². The molecule has 0 bridgehead atoms. The van der Waals surface area contributed by atoms with Crippen molar-refractivity contribution in [3.8, 4) is 0 Å². The Bertz CT molecular complexity index is 297. The molecule has 1 saturated carbocycles. The van der Waals surface area contributed by atoms with Gasteiger partial charge in [-0.3, -0.25) is 14.4 Å². The van der Waals surface area contributed by atoms with Crippen LogP contribution in [0.3, 0.4) is 0 Å². The smallest absolute Gasteiger partial charge is 0.307 e. The third kappa shape index (κ3) is 2.45. The van der Waals surface area contributed by atoms with Gasteiger partial charge in [0.05, 0.1) is 17.8 Å². The first-order valence-corrected chi connectivity index (χ1v) is 4.62. The zero-order valence-electron chi connectivity index (χ0n) is 7.92. The van der Waals surface area contributed by atoms with Gasteiger partial charge in [0.25, 0.3) is 0 Å². The molecule has 0 saturated heterocycles. The molecule has 1 aliphatic rings. The minimum atomic E-state index is -1.23. The van der Waals surface area contributed by atoms with Crippen LogP contribution in [0.5, 0.6) is 0 Å². The zero-order chi connectivity index (χ0) is 11.6. The average molecular weight is 216 g/mol. The number of hydrogen-bond donors (Lipinski definition) is 3. The summed E-state index contributed by atoms with van der Waals surface area (Å²) in [5, 5.41) is 26.3. The van der Waals surface area contributed by atoms with Crippen LogP contribution in [0.4, 0.5) is 0 Å². The maximum absolute atomic E-state index is 10.8. The third-order valence-corrected chi connectivity index (χ3v) is 2.83. The Morgan fingerprint density at radius 1 is 0.800 bits per heavy atom. The fourth-order valence-corrected chi connectivity index (χ4v) is 1.96. The second-order valence-corrected chi connectivity index (χ2v) is 3.74. The Morgan fingerprint density at radius 2 is 1.33 bits per heavy atom. The summed E-state index contributed by atoms with van der Waals surface area (Å²) in [7, 11) is 0. The van der Waals surface area contributed by atoms with E-state index in [0.29, 0.717) is 0 Å². The van der Waals surface area contributed by atoms with E-state index in [9.17, 15) is 14.4 Å². The molecular formula is C9H12O6. The molecule has 6 heteroatoms. The molecule has 0 radical (unpaired) electrons. The molecule has 0 heterocycles. The maximum atomic E-state index is 10.8. The summed E-state index contributed by atoms with van der Waals surface area (Å²) in [4.78, 5) is 32.2. The van der Waals surface area contributed by atoms with Crippen molar-refractivity contribution >= 4 is 17.9 Å². The topological polar surface area (TPSA) is 112 Å². The molecule has 0 aliphatic heterocycles. The molecule has 1 fully saturated rings. The number of hydrogen-bond acceptors (Lipinski definition) is 3. The lowest BCUT2D eigenvalue weighted by atomic mass is 9.74. The highest BCUT2D eigenvalue weighted by atomic mass is 16.4. The van der Waals surface area contributed by atoms with Gasteiger partial charge in [0, 0.05) is 0 Å². The first-order valence-electron chi connectivity index (χ1n) is 4.62. The Labute approximate surface area is 85.5 Å². The van der Waals surface area contributed by atoms with E-state index < -0.39 is 35.7 Å². The standard InChI is InChI=1S/C9H12O6/c10-7(11)4-1-2-5(8(12)13)6(3-4)9(14)15/h4-6H,1-3H2,(H,10,11)(H,12,13)(H,14,15)/t4-,5-,6-/m1/s1. The highest BCUT2D eigenvalue weighted by Crippen LogP contribution is 2.34. The van der Waals surface area contributed by atoms with Gasteiger partial charge in [-0.1, -0.05) is 0 Å². The average Bonchev–Trinajstić information content (AvgIpc) is 2.16. The predicted octanol–water partition coefficient (Wildman–Crippen LogP) is 0.273. The van der Waals surface area contributed by atoms with Crippen molar-refractivity contribution in [2.24, 2.45) is 17.8 Å². The first kappa shape index (κ1) is 11.5. The molecule has 15 heavy (non-hydrogen) atoms. The fraction of sp³-hybridized carbons (Fsp3) is 0.667. The van der Waals surface area contributed by atoms with E-state index in [1.165, 1.54) is 0 Å². The minimum absolute atomic E-state index is 0.0956. The summed E-state index contributed by atoms with van der Waals surface area (Å²) in [5.74, 6) is -6.22. The van der Waals surface area contributed by atoms with Crippen molar-refractivity contribution in [3.63, 3.8) is 0 Å². The molecule has 84 valence electrons. The van der Waals surface area contributed by atoms with Crippen molar-refractivity contribution in [1.29, 1.82) is 0 Å². The summed E-state index contributed by atoms with van der Waals surface area (Å²) < 4.78 is 0. The molecule has 0 spiro atoms. The summed E-state index contributed by atoms with van der Waals surface area (Å²) in [5.41, 5.74) is 0. The van der Waals surface area contributed by atoms with Crippen LogP contribution >= 0.6 is 0 Å². The van der Waals surface area contributed by atoms with E-state index in [4.69, 9.17) is 15.3 Å². The molecule has 1 aliphatic carbocycles. The van der Waals surface area contributed by atoms with Crippen molar-refractivity contribution in [2.45, 2.75) is 19.3 Å². The van der Waals surface area contributed by atoms with E-state index in [-0.39, 0.29) is 19.3 Å². The molecule has 3 N–H and O–H groups in total. The molecule has 0 aromatic rings. The van der Waals surface area contributed by atoms with Gasteiger partial charge >= 0.3 is 17.9 Å². The monoisotopic (exact) mass is 216 g/mol. The van der Waals surface area contributed by atoms with Crippen LogP contribution in [-0.2, 0) is 14.4 Å². The van der Waals surface area contributed by atoms with Crippen LogP contribution < -0.4 is 0 Å². The summed E-state index contributed by atoms with van der Waals surface area (Å²) in [6.45, 7) is 0. The molecule has 0 unspecified atom stereocenters. The lowest BCUT2D eigenvalue weighted by molar-refractivity contribution is -0.159. The molecule has 0 aromatic carbocycles. The molecular weight excluding hydrogens is 204 g/mol. The third-order valence-electron chi connectivity index (χ3n) is 2.83. The highest BCUT2D eigenvalue weighted by Gasteiger charge is 2.41. The van der Waals surface area contributed by atoms with Crippen molar-refractivity contribution in [3.05, 3.63) is 0 Å². The van der Waals surface area contributed by atoms with Crippen LogP contribution in [-0.4, -0.2) is 33.2 Å². The highest BCUT2D eigenvalue weighted by molar-refractivity contribution is 5.81. The summed E-state index contributed by atoms with van der Waals surface area (Å²) in [6.07, 6.45) is 0.251. The Kier molecular flexibility index (Phi) is 3.28. The van der Waals surface area contributed by atoms with E-state index in [0.717, 1.165) is 0 Å². The van der Waals surface area contributed by atoms with Gasteiger partial charge in [-0.2, -0.15) is 0 Å². The SMILES string of the molecule is O=C(O)[C@@H]1CC[C@@H](C(=O)O)[C@H](C(=O)O)C1. The molecule has 6 nitrogen and oxygen atoms in total. The summed E-state index contributed by atoms with van der Waals surface area (Å²) in [6, 6.07) is 0. The lowest BCUT2D eigenvalue weighted by Crippen LogP contribution is -2.37. The van der Waals surface area contributed by atoms with Crippen molar-refractivity contribution in [1.82, 2.24) is 0 Å². The summed E-state index contributed by atoms with van der Waals surface area (Å²) >= 11 is 0. The number of carbonyl (C=O) groups is 3. The second kappa shape index (κ2) is 4.29. The van der Waals surface area contributed by atoms with Gasteiger partial charge in [-0.05, 0) is 19.3 Å². The van der Waals surface area contributed by atoms with Crippen LogP contribution in [0.1, 0.15) is 19.3 Å². The molecule has 0 amide bonds. The van der Waals surface area contributed by atoms with Gasteiger partial charge in [-0.25, -0.2) is 0 Å².